The number of halogens is 1. The monoisotopic (exact) mass is 482 g/mol. The number of nitrogens with one attached hydrogen (secondary N) is 1. The van der Waals surface area contributed by atoms with Crippen molar-refractivity contribution in [3.05, 3.63) is 102 Å². The number of fused-ring (bicyclic) bond motifs is 2. The molecule has 3 aromatic carbocycles. The molecule has 6 rings (SSSR count). The highest BCUT2D eigenvalue weighted by Gasteiger charge is 2.38. The van der Waals surface area contributed by atoms with Gasteiger partial charge in [0.1, 0.15) is 5.82 Å². The van der Waals surface area contributed by atoms with Crippen molar-refractivity contribution in [2.24, 2.45) is 0 Å². The number of H-pyrrole nitrogens is 1. The maximum atomic E-state index is 14.2. The molecule has 1 atom stereocenters. The van der Waals surface area contributed by atoms with Gasteiger partial charge in [0.15, 0.2) is 0 Å². The van der Waals surface area contributed by atoms with Gasteiger partial charge in [-0.15, -0.1) is 0 Å². The summed E-state index contributed by atoms with van der Waals surface area (Å²) in [5.74, 6) is -0.268. The van der Waals surface area contributed by atoms with Crippen molar-refractivity contribution in [1.82, 2.24) is 14.8 Å². The van der Waals surface area contributed by atoms with Crippen LogP contribution in [0.25, 0.3) is 10.9 Å². The van der Waals surface area contributed by atoms with Crippen LogP contribution >= 0.6 is 0 Å². The lowest BCUT2D eigenvalue weighted by atomic mass is 9.97. The van der Waals surface area contributed by atoms with Gasteiger partial charge < -0.3 is 19.7 Å². The second-order valence-electron chi connectivity index (χ2n) is 9.35. The Hall–Kier alpha value is -4.13. The highest BCUT2D eigenvalue weighted by Crippen LogP contribution is 2.41. The van der Waals surface area contributed by atoms with Gasteiger partial charge in [0.2, 0.25) is 5.91 Å². The Kier molecular flexibility index (Phi) is 5.68. The summed E-state index contributed by atoms with van der Waals surface area (Å²) >= 11 is 0. The second-order valence-corrected chi connectivity index (χ2v) is 9.35. The van der Waals surface area contributed by atoms with E-state index in [0.717, 1.165) is 22.0 Å². The van der Waals surface area contributed by atoms with Crippen LogP contribution in [0.5, 0.6) is 0 Å². The molecule has 3 heterocycles. The molecule has 6 nitrogen and oxygen atoms in total. The number of rotatable bonds is 5. The third-order valence-electron chi connectivity index (χ3n) is 7.37. The van der Waals surface area contributed by atoms with E-state index in [1.807, 2.05) is 69.4 Å². The van der Waals surface area contributed by atoms with Gasteiger partial charge in [0, 0.05) is 67.4 Å². The van der Waals surface area contributed by atoms with Crippen LogP contribution in [-0.4, -0.2) is 59.3 Å². The summed E-state index contributed by atoms with van der Waals surface area (Å²) < 4.78 is 14.2. The van der Waals surface area contributed by atoms with E-state index in [2.05, 4.69) is 11.1 Å². The van der Waals surface area contributed by atoms with Gasteiger partial charge in [-0.3, -0.25) is 9.59 Å². The van der Waals surface area contributed by atoms with Crippen LogP contribution in [0.3, 0.4) is 0 Å². The minimum Gasteiger partial charge on any atom is -0.366 e. The largest absolute Gasteiger partial charge is 0.366 e. The first kappa shape index (κ1) is 22.3. The molecule has 1 aromatic heterocycles. The number of carbonyl (C=O) groups excluding carboxylic acids is 2. The minimum atomic E-state index is -0.243. The smallest absolute Gasteiger partial charge is 0.255 e. The lowest BCUT2D eigenvalue weighted by Gasteiger charge is -2.36. The maximum Gasteiger partial charge on any atom is 0.255 e. The number of carbonyl (C=O) groups is 2. The number of para-hydroxylation sites is 2. The second kappa shape index (κ2) is 9.15. The predicted molar refractivity (Wildman–Crippen MR) is 137 cm³/mol. The summed E-state index contributed by atoms with van der Waals surface area (Å²) in [4.78, 5) is 35.5. The predicted octanol–water partition coefficient (Wildman–Crippen LogP) is 4.59. The van der Waals surface area contributed by atoms with Crippen LogP contribution in [0.15, 0.2) is 79.0 Å². The highest BCUT2D eigenvalue weighted by molar-refractivity contribution is 6.01. The van der Waals surface area contributed by atoms with Gasteiger partial charge in [0.05, 0.1) is 11.7 Å². The van der Waals surface area contributed by atoms with E-state index in [1.165, 1.54) is 6.07 Å². The SMILES string of the molecule is O=C(CCN1C(=O)c2ccccc2C1c1c[nH]c2ccccc12)N1CCN(c2ccccc2F)CC1. The molecule has 7 heteroatoms. The zero-order valence-corrected chi connectivity index (χ0v) is 19.9. The van der Waals surface area contributed by atoms with E-state index in [9.17, 15) is 14.0 Å². The molecule has 1 N–H and O–H groups in total. The van der Waals surface area contributed by atoms with E-state index in [-0.39, 0.29) is 30.1 Å². The van der Waals surface area contributed by atoms with Crippen molar-refractivity contribution >= 4 is 28.4 Å². The average Bonchev–Trinajstić information content (AvgIpc) is 3.46. The van der Waals surface area contributed by atoms with E-state index >= 15 is 0 Å². The van der Waals surface area contributed by atoms with Crippen molar-refractivity contribution in [3.8, 4) is 0 Å². The van der Waals surface area contributed by atoms with Crippen LogP contribution in [0.4, 0.5) is 10.1 Å². The Labute approximate surface area is 208 Å². The van der Waals surface area contributed by atoms with Crippen LogP contribution in [0, 0.1) is 5.82 Å². The molecule has 1 fully saturated rings. The number of hydrogen-bond donors (Lipinski definition) is 1. The zero-order chi connectivity index (χ0) is 24.6. The molecular weight excluding hydrogens is 455 g/mol. The molecule has 0 bridgehead atoms. The number of amides is 2. The summed E-state index contributed by atoms with van der Waals surface area (Å²) in [5, 5.41) is 1.08. The first-order valence-electron chi connectivity index (χ1n) is 12.3. The Morgan fingerprint density at radius 2 is 1.61 bits per heavy atom. The Bertz CT molecular complexity index is 1440. The van der Waals surface area contributed by atoms with Crippen molar-refractivity contribution < 1.29 is 14.0 Å². The van der Waals surface area contributed by atoms with E-state index < -0.39 is 0 Å². The standard InChI is InChI=1S/C29H27FN4O2/c30-24-10-4-6-12-26(24)32-15-17-33(18-16-32)27(35)13-14-34-28(21-8-1-2-9-22(21)29(34)36)23-19-31-25-11-5-3-7-20(23)25/h1-12,19,28,31H,13-18H2. The number of aromatic nitrogens is 1. The number of hydrogen-bond acceptors (Lipinski definition) is 3. The average molecular weight is 483 g/mol. The normalized spacial score (nSPS) is 17.6. The number of piperazine rings is 1. The van der Waals surface area contributed by atoms with Gasteiger partial charge in [-0.25, -0.2) is 4.39 Å². The molecular formula is C29H27FN4O2. The topological polar surface area (TPSA) is 59.7 Å². The van der Waals surface area contributed by atoms with Crippen molar-refractivity contribution in [3.63, 3.8) is 0 Å². The molecule has 182 valence electrons. The summed E-state index contributed by atoms with van der Waals surface area (Å²) in [5.41, 5.74) is 4.30. The van der Waals surface area contributed by atoms with Crippen LogP contribution < -0.4 is 4.90 Å². The summed E-state index contributed by atoms with van der Waals surface area (Å²) in [6.45, 7) is 2.57. The Balaban J connectivity index is 1.18. The molecule has 2 aliphatic heterocycles. The highest BCUT2D eigenvalue weighted by atomic mass is 19.1. The van der Waals surface area contributed by atoms with Crippen molar-refractivity contribution in [2.45, 2.75) is 12.5 Å². The number of nitrogens with zero attached hydrogens (tertiary/aromatic N) is 3. The number of aromatic amines is 1. The van der Waals surface area contributed by atoms with Gasteiger partial charge in [0.25, 0.3) is 5.91 Å². The van der Waals surface area contributed by atoms with Crippen molar-refractivity contribution in [1.29, 1.82) is 0 Å². The van der Waals surface area contributed by atoms with Crippen LogP contribution in [-0.2, 0) is 4.79 Å². The van der Waals surface area contributed by atoms with Crippen LogP contribution in [0.2, 0.25) is 0 Å². The fourth-order valence-electron chi connectivity index (χ4n) is 5.54. The third-order valence-corrected chi connectivity index (χ3v) is 7.37. The molecule has 2 aliphatic rings. The molecule has 2 amide bonds. The molecule has 0 spiro atoms. The Morgan fingerprint density at radius 1 is 0.889 bits per heavy atom. The summed E-state index contributed by atoms with van der Waals surface area (Å²) in [7, 11) is 0. The summed E-state index contributed by atoms with van der Waals surface area (Å²) in [6.07, 6.45) is 2.22. The first-order valence-corrected chi connectivity index (χ1v) is 12.3. The number of benzene rings is 3. The fourth-order valence-corrected chi connectivity index (χ4v) is 5.54. The van der Waals surface area contributed by atoms with Gasteiger partial charge in [-0.05, 0) is 29.8 Å². The molecule has 0 saturated carbocycles. The lowest BCUT2D eigenvalue weighted by Crippen LogP contribution is -2.49. The van der Waals surface area contributed by atoms with E-state index in [1.54, 1.807) is 12.1 Å². The molecule has 1 unspecified atom stereocenters. The Morgan fingerprint density at radius 3 is 2.44 bits per heavy atom. The molecule has 4 aromatic rings. The number of anilines is 1. The maximum absolute atomic E-state index is 14.2. The first-order chi connectivity index (χ1) is 17.6. The lowest BCUT2D eigenvalue weighted by molar-refractivity contribution is -0.131. The van der Waals surface area contributed by atoms with Gasteiger partial charge in [-0.2, -0.15) is 0 Å². The zero-order valence-electron chi connectivity index (χ0n) is 19.9. The van der Waals surface area contributed by atoms with E-state index in [4.69, 9.17) is 0 Å². The van der Waals surface area contributed by atoms with Crippen molar-refractivity contribution in [2.75, 3.05) is 37.6 Å². The van der Waals surface area contributed by atoms with Gasteiger partial charge in [-0.1, -0.05) is 48.5 Å². The summed E-state index contributed by atoms with van der Waals surface area (Å²) in [6, 6.07) is 22.3. The molecule has 36 heavy (non-hydrogen) atoms. The third kappa shape index (κ3) is 3.81. The van der Waals surface area contributed by atoms with Crippen LogP contribution in [0.1, 0.15) is 33.9 Å². The van der Waals surface area contributed by atoms with E-state index in [0.29, 0.717) is 44.0 Å². The van der Waals surface area contributed by atoms with Gasteiger partial charge >= 0.3 is 0 Å². The molecule has 1 saturated heterocycles. The molecule has 0 aliphatic carbocycles. The minimum absolute atomic E-state index is 0.0182. The fraction of sp³-hybridized carbons (Fsp3) is 0.241. The molecule has 0 radical (unpaired) electrons. The quantitative estimate of drug-likeness (QED) is 0.453.